The lowest BCUT2D eigenvalue weighted by Gasteiger charge is -2.16. The minimum Gasteiger partial charge on any atom is -0.352 e. The van der Waals surface area contributed by atoms with Crippen molar-refractivity contribution in [2.45, 2.75) is 84.3 Å². The average molecular weight is 317 g/mol. The van der Waals surface area contributed by atoms with E-state index in [1.807, 2.05) is 0 Å². The minimum absolute atomic E-state index is 0.315. The summed E-state index contributed by atoms with van der Waals surface area (Å²) in [6.07, 6.45) is 8.74. The van der Waals surface area contributed by atoms with Crippen molar-refractivity contribution in [3.63, 3.8) is 0 Å². The minimum atomic E-state index is -0.315. The van der Waals surface area contributed by atoms with E-state index in [1.165, 1.54) is 12.8 Å². The quantitative estimate of drug-likeness (QED) is 0.294. The zero-order chi connectivity index (χ0) is 17.0. The van der Waals surface area contributed by atoms with Crippen molar-refractivity contribution in [3.05, 3.63) is 0 Å². The second-order valence-electron chi connectivity index (χ2n) is 5.28. The summed E-state index contributed by atoms with van der Waals surface area (Å²) in [6.45, 7) is 5.43. The highest BCUT2D eigenvalue weighted by Crippen LogP contribution is 2.05. The molecule has 0 aliphatic heterocycles. The van der Waals surface area contributed by atoms with E-state index in [-0.39, 0.29) is 6.29 Å². The van der Waals surface area contributed by atoms with Crippen molar-refractivity contribution in [2.24, 2.45) is 0 Å². The topological polar surface area (TPSA) is 42.2 Å². The highest BCUT2D eigenvalue weighted by Gasteiger charge is 2.08. The Morgan fingerprint density at radius 1 is 0.739 bits per heavy atom. The molecule has 0 radical (unpaired) electrons. The summed E-state index contributed by atoms with van der Waals surface area (Å²) in [6, 6.07) is 2.13. The van der Waals surface area contributed by atoms with Gasteiger partial charge in [-0.1, -0.05) is 26.7 Å². The Morgan fingerprint density at radius 2 is 1.22 bits per heavy atom. The van der Waals surface area contributed by atoms with Gasteiger partial charge in [-0.25, -0.2) is 0 Å². The number of rotatable bonds is 12. The largest absolute Gasteiger partial charge is 0.352 e. The summed E-state index contributed by atoms with van der Waals surface area (Å²) in [5, 5.41) is 8.69. The molecule has 3 nitrogen and oxygen atoms in total. The van der Waals surface area contributed by atoms with Gasteiger partial charge in [0, 0.05) is 38.5 Å². The van der Waals surface area contributed by atoms with Gasteiger partial charge < -0.3 is 9.47 Å². The van der Waals surface area contributed by atoms with E-state index < -0.39 is 0 Å². The Bertz CT molecular complexity index is 385. The molecule has 0 saturated carbocycles. The maximum Gasteiger partial charge on any atom is 0.158 e. The molecule has 0 aromatic carbocycles. The molecule has 0 N–H and O–H groups in total. The third-order valence-electron chi connectivity index (χ3n) is 3.11. The van der Waals surface area contributed by atoms with Crippen molar-refractivity contribution < 1.29 is 9.47 Å². The van der Waals surface area contributed by atoms with Crippen LogP contribution < -0.4 is 0 Å². The lowest BCUT2D eigenvalue weighted by atomic mass is 10.2. The summed E-state index contributed by atoms with van der Waals surface area (Å²) >= 11 is 0. The van der Waals surface area contributed by atoms with Crippen LogP contribution in [0.4, 0.5) is 0 Å². The van der Waals surface area contributed by atoms with Crippen molar-refractivity contribution >= 4 is 0 Å². The highest BCUT2D eigenvalue weighted by atomic mass is 16.7. The molecule has 0 atom stereocenters. The maximum atomic E-state index is 8.69. The average Bonchev–Trinajstić information content (AvgIpc) is 2.57. The number of nitrogens with zero attached hydrogens (tertiary/aromatic N) is 1. The second-order valence-corrected chi connectivity index (χ2v) is 5.28. The first-order chi connectivity index (χ1) is 11.3. The Kier molecular flexibility index (Phi) is 17.4. The summed E-state index contributed by atoms with van der Waals surface area (Å²) < 4.78 is 11.3. The van der Waals surface area contributed by atoms with Crippen LogP contribution in [0.5, 0.6) is 0 Å². The molecule has 0 aromatic heterocycles. The Hall–Kier alpha value is -1.47. The fraction of sp³-hybridized carbons (Fsp3) is 0.750. The number of hydrogen-bond donors (Lipinski definition) is 0. The molecule has 0 bridgehead atoms. The molecule has 0 spiro atoms. The molecule has 23 heavy (non-hydrogen) atoms. The molecule has 0 unspecified atom stereocenters. The van der Waals surface area contributed by atoms with Crippen LogP contribution in [0.25, 0.3) is 0 Å². The van der Waals surface area contributed by atoms with Crippen molar-refractivity contribution in [1.82, 2.24) is 0 Å². The lowest BCUT2D eigenvalue weighted by Crippen LogP contribution is -2.18. The van der Waals surface area contributed by atoms with Crippen LogP contribution in [0.15, 0.2) is 0 Å². The molecule has 0 rings (SSSR count). The number of unbranched alkanes of at least 4 members (excludes halogenated alkanes) is 4. The molecule has 0 fully saturated rings. The van der Waals surface area contributed by atoms with Gasteiger partial charge in [-0.3, -0.25) is 0 Å². The molecule has 0 heterocycles. The van der Waals surface area contributed by atoms with Gasteiger partial charge in [0.2, 0.25) is 0 Å². The number of ether oxygens (including phenoxy) is 2. The van der Waals surface area contributed by atoms with Crippen LogP contribution in [0.3, 0.4) is 0 Å². The van der Waals surface area contributed by atoms with E-state index in [4.69, 9.17) is 14.7 Å². The SMILES string of the molecule is CCCCC#CCCOC(CCC#N)OCCC#CCCCC. The predicted molar refractivity (Wildman–Crippen MR) is 94.4 cm³/mol. The molecule has 0 aliphatic carbocycles. The molecule has 3 heteroatoms. The Labute approximate surface area is 142 Å². The zero-order valence-electron chi connectivity index (χ0n) is 14.8. The molecule has 0 saturated heterocycles. The normalized spacial score (nSPS) is 9.65. The van der Waals surface area contributed by atoms with Crippen molar-refractivity contribution in [1.29, 1.82) is 5.26 Å². The first kappa shape index (κ1) is 21.5. The molecule has 0 aromatic rings. The zero-order valence-corrected chi connectivity index (χ0v) is 14.8. The van der Waals surface area contributed by atoms with Gasteiger partial charge in [0.05, 0.1) is 19.3 Å². The first-order valence-corrected chi connectivity index (χ1v) is 8.86. The van der Waals surface area contributed by atoms with Crippen molar-refractivity contribution in [3.8, 4) is 29.8 Å². The smallest absolute Gasteiger partial charge is 0.158 e. The van der Waals surface area contributed by atoms with E-state index in [0.717, 1.165) is 25.7 Å². The molecule has 128 valence electrons. The van der Waals surface area contributed by atoms with Gasteiger partial charge in [-0.2, -0.15) is 5.26 Å². The number of nitriles is 1. The lowest BCUT2D eigenvalue weighted by molar-refractivity contribution is -0.142. The summed E-state index contributed by atoms with van der Waals surface area (Å²) in [5.74, 6) is 12.5. The summed E-state index contributed by atoms with van der Waals surface area (Å²) in [4.78, 5) is 0. The van der Waals surface area contributed by atoms with Gasteiger partial charge in [0.15, 0.2) is 6.29 Å². The van der Waals surface area contributed by atoms with Gasteiger partial charge >= 0.3 is 0 Å². The van der Waals surface area contributed by atoms with Crippen LogP contribution in [-0.2, 0) is 9.47 Å². The van der Waals surface area contributed by atoms with E-state index in [9.17, 15) is 0 Å². The van der Waals surface area contributed by atoms with E-state index in [1.54, 1.807) is 0 Å². The van der Waals surface area contributed by atoms with Crippen LogP contribution in [0.1, 0.15) is 78.1 Å². The second kappa shape index (κ2) is 18.6. The van der Waals surface area contributed by atoms with E-state index >= 15 is 0 Å². The van der Waals surface area contributed by atoms with Crippen LogP contribution in [0, 0.1) is 35.0 Å². The summed E-state index contributed by atoms with van der Waals surface area (Å²) in [7, 11) is 0. The van der Waals surface area contributed by atoms with Gasteiger partial charge in [-0.05, 0) is 12.8 Å². The van der Waals surface area contributed by atoms with E-state index in [2.05, 4.69) is 43.6 Å². The first-order valence-electron chi connectivity index (χ1n) is 8.86. The van der Waals surface area contributed by atoms with Gasteiger partial charge in [0.25, 0.3) is 0 Å². The molecular formula is C20H31NO2. The monoisotopic (exact) mass is 317 g/mol. The Balaban J connectivity index is 3.84. The van der Waals surface area contributed by atoms with E-state index in [0.29, 0.717) is 38.9 Å². The third-order valence-corrected chi connectivity index (χ3v) is 3.11. The molecular weight excluding hydrogens is 286 g/mol. The fourth-order valence-electron chi connectivity index (χ4n) is 1.76. The summed E-state index contributed by atoms with van der Waals surface area (Å²) in [5.41, 5.74) is 0. The van der Waals surface area contributed by atoms with Crippen LogP contribution >= 0.6 is 0 Å². The standard InChI is InChI=1S/C20H31NO2/c1-3-5-7-9-11-13-18-22-20(16-15-17-21)23-19-14-12-10-8-6-4-2/h20H,3-8,13-16,18-19H2,1-2H3. The maximum absolute atomic E-state index is 8.69. The predicted octanol–water partition coefficient (Wildman–Crippen LogP) is 4.82. The number of hydrogen-bond acceptors (Lipinski definition) is 3. The van der Waals surface area contributed by atoms with Crippen LogP contribution in [-0.4, -0.2) is 19.5 Å². The van der Waals surface area contributed by atoms with Crippen LogP contribution in [0.2, 0.25) is 0 Å². The molecule has 0 aliphatic rings. The molecule has 0 amide bonds. The Morgan fingerprint density at radius 3 is 1.65 bits per heavy atom. The fourth-order valence-corrected chi connectivity index (χ4v) is 1.76. The van der Waals surface area contributed by atoms with Gasteiger partial charge in [0.1, 0.15) is 0 Å². The third kappa shape index (κ3) is 16.7. The van der Waals surface area contributed by atoms with Gasteiger partial charge in [-0.15, -0.1) is 23.7 Å². The highest BCUT2D eigenvalue weighted by molar-refractivity contribution is 4.99. The van der Waals surface area contributed by atoms with Crippen molar-refractivity contribution in [2.75, 3.05) is 13.2 Å².